The van der Waals surface area contributed by atoms with E-state index in [9.17, 15) is 9.18 Å². The number of ether oxygens (including phenoxy) is 1. The van der Waals surface area contributed by atoms with Crippen molar-refractivity contribution in [3.8, 4) is 0 Å². The Balaban J connectivity index is 1.66. The molecule has 2 heterocycles. The van der Waals surface area contributed by atoms with E-state index in [2.05, 4.69) is 10.3 Å². The van der Waals surface area contributed by atoms with Crippen LogP contribution in [0.5, 0.6) is 0 Å². The second-order valence-corrected chi connectivity index (χ2v) is 5.13. The number of hydrogen-bond acceptors (Lipinski definition) is 3. The molecule has 0 unspecified atom stereocenters. The fourth-order valence-corrected chi connectivity index (χ4v) is 2.32. The zero-order chi connectivity index (χ0) is 14.8. The number of benzene rings is 1. The Morgan fingerprint density at radius 2 is 2.38 bits per heavy atom. The Kier molecular flexibility index (Phi) is 3.90. The summed E-state index contributed by atoms with van der Waals surface area (Å²) in [6.45, 7) is 2.00. The number of aromatic nitrogens is 2. The zero-order valence-corrected chi connectivity index (χ0v) is 11.9. The SMILES string of the molecule is O=C(NCc1ccc(F)c(Cl)c1)c1cn2c(n1)COCC2. The van der Waals surface area contributed by atoms with Crippen LogP contribution in [-0.2, 0) is 24.4 Å². The molecule has 0 atom stereocenters. The molecule has 3 rings (SSSR count). The van der Waals surface area contributed by atoms with Crippen LogP contribution in [-0.4, -0.2) is 22.1 Å². The minimum absolute atomic E-state index is 0.0383. The lowest BCUT2D eigenvalue weighted by Gasteiger charge is -2.13. The minimum Gasteiger partial charge on any atom is -0.372 e. The predicted octanol–water partition coefficient (Wildman–Crippen LogP) is 2.14. The van der Waals surface area contributed by atoms with E-state index in [1.807, 2.05) is 4.57 Å². The summed E-state index contributed by atoms with van der Waals surface area (Å²) in [6, 6.07) is 4.34. The van der Waals surface area contributed by atoms with E-state index in [0.717, 1.165) is 11.4 Å². The van der Waals surface area contributed by atoms with Gasteiger partial charge in [0.05, 0.1) is 11.6 Å². The second kappa shape index (κ2) is 5.83. The first-order valence-electron chi connectivity index (χ1n) is 6.49. The molecular formula is C14H13ClFN3O2. The summed E-state index contributed by atoms with van der Waals surface area (Å²) in [5.74, 6) is -0.0120. The minimum atomic E-state index is -0.478. The summed E-state index contributed by atoms with van der Waals surface area (Å²) < 4.78 is 20.2. The highest BCUT2D eigenvalue weighted by Gasteiger charge is 2.16. The molecule has 0 radical (unpaired) electrons. The Morgan fingerprint density at radius 3 is 3.14 bits per heavy atom. The number of rotatable bonds is 3. The molecule has 0 spiro atoms. The summed E-state index contributed by atoms with van der Waals surface area (Å²) in [5, 5.41) is 2.77. The molecule has 0 fully saturated rings. The van der Waals surface area contributed by atoms with Crippen molar-refractivity contribution in [3.63, 3.8) is 0 Å². The highest BCUT2D eigenvalue weighted by molar-refractivity contribution is 6.30. The van der Waals surface area contributed by atoms with Crippen LogP contribution in [0.3, 0.4) is 0 Å². The third-order valence-electron chi connectivity index (χ3n) is 3.24. The molecular weight excluding hydrogens is 297 g/mol. The number of fused-ring (bicyclic) bond motifs is 1. The number of halogens is 2. The van der Waals surface area contributed by atoms with E-state index < -0.39 is 5.82 Å². The van der Waals surface area contributed by atoms with E-state index in [0.29, 0.717) is 25.5 Å². The first-order chi connectivity index (χ1) is 10.1. The second-order valence-electron chi connectivity index (χ2n) is 4.72. The zero-order valence-electron chi connectivity index (χ0n) is 11.1. The third-order valence-corrected chi connectivity index (χ3v) is 3.53. The molecule has 0 aliphatic carbocycles. The molecule has 1 aromatic heterocycles. The van der Waals surface area contributed by atoms with Gasteiger partial charge in [-0.3, -0.25) is 4.79 Å². The topological polar surface area (TPSA) is 56.2 Å². The fourth-order valence-electron chi connectivity index (χ4n) is 2.12. The first kappa shape index (κ1) is 14.0. The van der Waals surface area contributed by atoms with Gasteiger partial charge in [-0.15, -0.1) is 0 Å². The van der Waals surface area contributed by atoms with Crippen molar-refractivity contribution in [2.75, 3.05) is 6.61 Å². The molecule has 1 aromatic carbocycles. The Labute approximate surface area is 125 Å². The van der Waals surface area contributed by atoms with Gasteiger partial charge in [0.1, 0.15) is 23.9 Å². The summed E-state index contributed by atoms with van der Waals surface area (Å²) in [5.41, 5.74) is 1.07. The van der Waals surface area contributed by atoms with Crippen molar-refractivity contribution in [2.45, 2.75) is 19.7 Å². The fraction of sp³-hybridized carbons (Fsp3) is 0.286. The van der Waals surface area contributed by atoms with Gasteiger partial charge < -0.3 is 14.6 Å². The maximum absolute atomic E-state index is 13.0. The van der Waals surface area contributed by atoms with Crippen molar-refractivity contribution < 1.29 is 13.9 Å². The van der Waals surface area contributed by atoms with Crippen LogP contribution in [0, 0.1) is 5.82 Å². The summed E-state index contributed by atoms with van der Waals surface area (Å²) in [4.78, 5) is 16.3. The quantitative estimate of drug-likeness (QED) is 0.945. The molecule has 110 valence electrons. The van der Waals surface area contributed by atoms with Gasteiger partial charge in [-0.05, 0) is 17.7 Å². The van der Waals surface area contributed by atoms with E-state index in [4.69, 9.17) is 16.3 Å². The lowest BCUT2D eigenvalue weighted by Crippen LogP contribution is -2.23. The lowest BCUT2D eigenvalue weighted by atomic mass is 10.2. The van der Waals surface area contributed by atoms with Gasteiger partial charge in [-0.1, -0.05) is 17.7 Å². The standard InChI is InChI=1S/C14H13ClFN3O2/c15-10-5-9(1-2-11(10)16)6-17-14(20)12-7-19-3-4-21-8-13(19)18-12/h1-2,5,7H,3-4,6,8H2,(H,17,20). The summed E-state index contributed by atoms with van der Waals surface area (Å²) in [6.07, 6.45) is 1.71. The van der Waals surface area contributed by atoms with Crippen LogP contribution in [0.4, 0.5) is 4.39 Å². The van der Waals surface area contributed by atoms with Crippen molar-refractivity contribution in [1.82, 2.24) is 14.9 Å². The van der Waals surface area contributed by atoms with Gasteiger partial charge in [0.15, 0.2) is 0 Å². The van der Waals surface area contributed by atoms with Crippen LogP contribution < -0.4 is 5.32 Å². The molecule has 1 amide bonds. The maximum atomic E-state index is 13.0. The largest absolute Gasteiger partial charge is 0.372 e. The van der Waals surface area contributed by atoms with Gasteiger partial charge >= 0.3 is 0 Å². The molecule has 0 saturated carbocycles. The smallest absolute Gasteiger partial charge is 0.271 e. The number of amides is 1. The number of imidazole rings is 1. The van der Waals surface area contributed by atoms with Crippen molar-refractivity contribution in [3.05, 3.63) is 52.3 Å². The molecule has 1 N–H and O–H groups in total. The van der Waals surface area contributed by atoms with E-state index in [-0.39, 0.29) is 17.5 Å². The number of carbonyl (C=O) groups is 1. The van der Waals surface area contributed by atoms with Gasteiger partial charge in [0.25, 0.3) is 5.91 Å². The van der Waals surface area contributed by atoms with Gasteiger partial charge in [0, 0.05) is 19.3 Å². The van der Waals surface area contributed by atoms with Crippen LogP contribution in [0.25, 0.3) is 0 Å². The Bertz CT molecular complexity index is 663. The normalized spacial score (nSPS) is 13.8. The van der Waals surface area contributed by atoms with Crippen LogP contribution >= 0.6 is 11.6 Å². The average Bonchev–Trinajstić information content (AvgIpc) is 2.92. The van der Waals surface area contributed by atoms with E-state index >= 15 is 0 Å². The number of carbonyl (C=O) groups excluding carboxylic acids is 1. The third kappa shape index (κ3) is 3.06. The van der Waals surface area contributed by atoms with Crippen molar-refractivity contribution >= 4 is 17.5 Å². The first-order valence-corrected chi connectivity index (χ1v) is 6.87. The molecule has 2 aromatic rings. The molecule has 0 bridgehead atoms. The number of nitrogens with one attached hydrogen (secondary N) is 1. The molecule has 1 aliphatic rings. The van der Waals surface area contributed by atoms with E-state index in [1.165, 1.54) is 12.1 Å². The van der Waals surface area contributed by atoms with Gasteiger partial charge in [-0.25, -0.2) is 9.37 Å². The van der Waals surface area contributed by atoms with Gasteiger partial charge in [0.2, 0.25) is 0 Å². The van der Waals surface area contributed by atoms with Crippen molar-refractivity contribution in [1.29, 1.82) is 0 Å². The summed E-state index contributed by atoms with van der Waals surface area (Å²) >= 11 is 5.70. The van der Waals surface area contributed by atoms with Crippen LogP contribution in [0.1, 0.15) is 21.9 Å². The van der Waals surface area contributed by atoms with Crippen LogP contribution in [0.2, 0.25) is 5.02 Å². The lowest BCUT2D eigenvalue weighted by molar-refractivity contribution is 0.0816. The maximum Gasteiger partial charge on any atom is 0.271 e. The highest BCUT2D eigenvalue weighted by Crippen LogP contribution is 2.16. The van der Waals surface area contributed by atoms with E-state index in [1.54, 1.807) is 12.3 Å². The number of nitrogens with zero attached hydrogens (tertiary/aromatic N) is 2. The Morgan fingerprint density at radius 1 is 1.52 bits per heavy atom. The molecule has 1 aliphatic heterocycles. The predicted molar refractivity (Wildman–Crippen MR) is 74.5 cm³/mol. The van der Waals surface area contributed by atoms with Crippen LogP contribution in [0.15, 0.2) is 24.4 Å². The molecule has 7 heteroatoms. The van der Waals surface area contributed by atoms with Gasteiger partial charge in [-0.2, -0.15) is 0 Å². The van der Waals surface area contributed by atoms with Crippen molar-refractivity contribution in [2.24, 2.45) is 0 Å². The Hall–Kier alpha value is -1.92. The highest BCUT2D eigenvalue weighted by atomic mass is 35.5. The molecule has 21 heavy (non-hydrogen) atoms. The monoisotopic (exact) mass is 309 g/mol. The molecule has 5 nitrogen and oxygen atoms in total. The number of hydrogen-bond donors (Lipinski definition) is 1. The summed E-state index contributed by atoms with van der Waals surface area (Å²) in [7, 11) is 0. The molecule has 0 saturated heterocycles. The average molecular weight is 310 g/mol.